The van der Waals surface area contributed by atoms with Crippen LogP contribution in [0.3, 0.4) is 0 Å². The van der Waals surface area contributed by atoms with Crippen LogP contribution in [0, 0.1) is 10.1 Å². The molecule has 0 bridgehead atoms. The minimum atomic E-state index is -0.479. The first-order valence-corrected chi connectivity index (χ1v) is 9.20. The first-order chi connectivity index (χ1) is 12.9. The number of nitro groups is 1. The molecular weight excluding hydrogens is 350 g/mol. The third-order valence-corrected chi connectivity index (χ3v) is 4.89. The second-order valence-electron chi connectivity index (χ2n) is 6.45. The third-order valence-electron chi connectivity index (χ3n) is 4.89. The first-order valence-electron chi connectivity index (χ1n) is 9.20. The standard InChI is InChI=1S/C18H27N5O4/c1-4-20(5-2)18(25)22-12-10-21(11-13-22)14(3)17(24)19-15-6-8-16(9-7-15)23(26)27/h6-9,14H,4-5,10-13H2,1-3H3,(H,19,24)/t14-/m1/s1. The van der Waals surface area contributed by atoms with Gasteiger partial charge in [-0.2, -0.15) is 0 Å². The van der Waals surface area contributed by atoms with Gasteiger partial charge in [0, 0.05) is 57.1 Å². The zero-order chi connectivity index (χ0) is 20.0. The molecule has 1 saturated heterocycles. The highest BCUT2D eigenvalue weighted by Crippen LogP contribution is 2.16. The van der Waals surface area contributed by atoms with Gasteiger partial charge in [0.1, 0.15) is 0 Å². The Morgan fingerprint density at radius 3 is 2.19 bits per heavy atom. The van der Waals surface area contributed by atoms with E-state index in [0.29, 0.717) is 45.0 Å². The maximum Gasteiger partial charge on any atom is 0.320 e. The Kier molecular flexibility index (Phi) is 7.12. The SMILES string of the molecule is CCN(CC)C(=O)N1CCN([C@H](C)C(=O)Nc2ccc([N+](=O)[O-])cc2)CC1. The van der Waals surface area contributed by atoms with Crippen LogP contribution in [0.25, 0.3) is 0 Å². The fraction of sp³-hybridized carbons (Fsp3) is 0.556. The second-order valence-corrected chi connectivity index (χ2v) is 6.45. The number of benzene rings is 1. The molecule has 1 aromatic carbocycles. The summed E-state index contributed by atoms with van der Waals surface area (Å²) in [7, 11) is 0. The lowest BCUT2D eigenvalue weighted by atomic mass is 10.2. The number of hydrogen-bond acceptors (Lipinski definition) is 5. The summed E-state index contributed by atoms with van der Waals surface area (Å²) >= 11 is 0. The van der Waals surface area contributed by atoms with E-state index in [1.54, 1.807) is 4.90 Å². The highest BCUT2D eigenvalue weighted by molar-refractivity contribution is 5.94. The van der Waals surface area contributed by atoms with Crippen LogP contribution >= 0.6 is 0 Å². The molecule has 9 heteroatoms. The Labute approximate surface area is 159 Å². The molecule has 0 aromatic heterocycles. The van der Waals surface area contributed by atoms with Crippen LogP contribution < -0.4 is 5.32 Å². The number of non-ortho nitro benzene ring substituents is 1. The van der Waals surface area contributed by atoms with Gasteiger partial charge >= 0.3 is 6.03 Å². The van der Waals surface area contributed by atoms with Gasteiger partial charge in [-0.1, -0.05) is 0 Å². The normalized spacial score (nSPS) is 15.9. The van der Waals surface area contributed by atoms with Crippen molar-refractivity contribution in [2.45, 2.75) is 26.8 Å². The average Bonchev–Trinajstić information content (AvgIpc) is 2.68. The lowest BCUT2D eigenvalue weighted by Gasteiger charge is -2.39. The van der Waals surface area contributed by atoms with Crippen molar-refractivity contribution in [3.05, 3.63) is 34.4 Å². The van der Waals surface area contributed by atoms with E-state index in [4.69, 9.17) is 0 Å². The van der Waals surface area contributed by atoms with E-state index in [1.807, 2.05) is 30.6 Å². The van der Waals surface area contributed by atoms with E-state index in [0.717, 1.165) is 0 Å². The molecule has 1 aliphatic rings. The summed E-state index contributed by atoms with van der Waals surface area (Å²) in [5.74, 6) is -0.174. The van der Waals surface area contributed by atoms with Gasteiger partial charge < -0.3 is 15.1 Å². The Hall–Kier alpha value is -2.68. The average molecular weight is 377 g/mol. The molecule has 148 valence electrons. The molecule has 2 rings (SSSR count). The Balaban J connectivity index is 1.87. The number of carbonyl (C=O) groups is 2. The molecule has 1 aliphatic heterocycles. The molecule has 1 heterocycles. The predicted octanol–water partition coefficient (Wildman–Crippen LogP) is 2.00. The van der Waals surface area contributed by atoms with Crippen molar-refractivity contribution in [3.8, 4) is 0 Å². The summed E-state index contributed by atoms with van der Waals surface area (Å²) < 4.78 is 0. The van der Waals surface area contributed by atoms with E-state index >= 15 is 0 Å². The lowest BCUT2D eigenvalue weighted by Crippen LogP contribution is -2.56. The lowest BCUT2D eigenvalue weighted by molar-refractivity contribution is -0.384. The number of rotatable bonds is 6. The van der Waals surface area contributed by atoms with Crippen molar-refractivity contribution in [1.82, 2.24) is 14.7 Å². The number of nitrogens with zero attached hydrogens (tertiary/aromatic N) is 4. The highest BCUT2D eigenvalue weighted by atomic mass is 16.6. The Bertz CT molecular complexity index is 667. The van der Waals surface area contributed by atoms with Crippen LogP contribution in [-0.2, 0) is 4.79 Å². The number of nitrogens with one attached hydrogen (secondary N) is 1. The largest absolute Gasteiger partial charge is 0.325 e. The number of carbonyl (C=O) groups excluding carboxylic acids is 2. The van der Waals surface area contributed by atoms with E-state index in [2.05, 4.69) is 5.32 Å². The van der Waals surface area contributed by atoms with Crippen LogP contribution in [0.15, 0.2) is 24.3 Å². The zero-order valence-corrected chi connectivity index (χ0v) is 16.1. The van der Waals surface area contributed by atoms with E-state index in [1.165, 1.54) is 24.3 Å². The third kappa shape index (κ3) is 5.16. The molecule has 1 fully saturated rings. The smallest absolute Gasteiger partial charge is 0.320 e. The number of urea groups is 1. The summed E-state index contributed by atoms with van der Waals surface area (Å²) in [6.07, 6.45) is 0. The maximum absolute atomic E-state index is 12.5. The van der Waals surface area contributed by atoms with Crippen LogP contribution in [0.5, 0.6) is 0 Å². The molecule has 0 radical (unpaired) electrons. The Morgan fingerprint density at radius 2 is 1.70 bits per heavy atom. The van der Waals surface area contributed by atoms with Crippen molar-refractivity contribution in [2.24, 2.45) is 0 Å². The number of anilines is 1. The number of piperazine rings is 1. The Morgan fingerprint density at radius 1 is 1.15 bits per heavy atom. The molecule has 0 saturated carbocycles. The number of nitro benzene ring substituents is 1. The van der Waals surface area contributed by atoms with Crippen molar-refractivity contribution in [3.63, 3.8) is 0 Å². The fourth-order valence-electron chi connectivity index (χ4n) is 3.07. The molecule has 1 aromatic rings. The van der Waals surface area contributed by atoms with Crippen LogP contribution in [-0.4, -0.2) is 76.9 Å². The molecule has 0 spiro atoms. The van der Waals surface area contributed by atoms with Gasteiger partial charge in [-0.25, -0.2) is 4.79 Å². The molecule has 0 aliphatic carbocycles. The number of amides is 3. The van der Waals surface area contributed by atoms with Gasteiger partial charge in [0.05, 0.1) is 11.0 Å². The summed E-state index contributed by atoms with van der Waals surface area (Å²) in [5, 5.41) is 13.5. The van der Waals surface area contributed by atoms with Gasteiger partial charge in [-0.05, 0) is 32.9 Å². The molecule has 1 N–H and O–H groups in total. The summed E-state index contributed by atoms with van der Waals surface area (Å²) in [6.45, 7) is 9.54. The molecular formula is C18H27N5O4. The summed E-state index contributed by atoms with van der Waals surface area (Å²) in [5.41, 5.74) is 0.503. The minimum absolute atomic E-state index is 0.0185. The van der Waals surface area contributed by atoms with E-state index < -0.39 is 4.92 Å². The fourth-order valence-corrected chi connectivity index (χ4v) is 3.07. The number of hydrogen-bond donors (Lipinski definition) is 1. The van der Waals surface area contributed by atoms with Crippen LogP contribution in [0.1, 0.15) is 20.8 Å². The molecule has 9 nitrogen and oxygen atoms in total. The molecule has 27 heavy (non-hydrogen) atoms. The minimum Gasteiger partial charge on any atom is -0.325 e. The second kappa shape index (κ2) is 9.31. The molecule has 3 amide bonds. The van der Waals surface area contributed by atoms with Gasteiger partial charge in [0.25, 0.3) is 5.69 Å². The first kappa shape index (κ1) is 20.6. The van der Waals surface area contributed by atoms with Crippen molar-refractivity contribution < 1.29 is 14.5 Å². The van der Waals surface area contributed by atoms with Crippen LogP contribution in [0.4, 0.5) is 16.2 Å². The monoisotopic (exact) mass is 377 g/mol. The summed E-state index contributed by atoms with van der Waals surface area (Å²) in [4.78, 5) is 40.7. The summed E-state index contributed by atoms with van der Waals surface area (Å²) in [6, 6.07) is 5.44. The van der Waals surface area contributed by atoms with Crippen molar-refractivity contribution >= 4 is 23.3 Å². The predicted molar refractivity (Wildman–Crippen MR) is 103 cm³/mol. The van der Waals surface area contributed by atoms with Gasteiger partial charge in [0.2, 0.25) is 5.91 Å². The van der Waals surface area contributed by atoms with E-state index in [-0.39, 0.29) is 23.7 Å². The van der Waals surface area contributed by atoms with Crippen LogP contribution in [0.2, 0.25) is 0 Å². The maximum atomic E-state index is 12.5. The highest BCUT2D eigenvalue weighted by Gasteiger charge is 2.28. The zero-order valence-electron chi connectivity index (χ0n) is 16.1. The quantitative estimate of drug-likeness (QED) is 0.604. The van der Waals surface area contributed by atoms with Crippen molar-refractivity contribution in [2.75, 3.05) is 44.6 Å². The van der Waals surface area contributed by atoms with E-state index in [9.17, 15) is 19.7 Å². The molecule has 1 atom stereocenters. The van der Waals surface area contributed by atoms with Gasteiger partial charge in [-0.15, -0.1) is 0 Å². The van der Waals surface area contributed by atoms with Crippen molar-refractivity contribution in [1.29, 1.82) is 0 Å². The van der Waals surface area contributed by atoms with Gasteiger partial charge in [-0.3, -0.25) is 19.8 Å². The van der Waals surface area contributed by atoms with Gasteiger partial charge in [0.15, 0.2) is 0 Å². The molecule has 0 unspecified atom stereocenters. The topological polar surface area (TPSA) is 99.0 Å².